The lowest BCUT2D eigenvalue weighted by Gasteiger charge is -2.12. The normalized spacial score (nSPS) is 10.3. The molecule has 4 heteroatoms. The number of halogens is 1. The summed E-state index contributed by atoms with van der Waals surface area (Å²) in [7, 11) is 0. The maximum atomic E-state index is 11.1. The predicted molar refractivity (Wildman–Crippen MR) is 83.2 cm³/mol. The van der Waals surface area contributed by atoms with Gasteiger partial charge in [0.15, 0.2) is 0 Å². The minimum atomic E-state index is -0.471. The van der Waals surface area contributed by atoms with Crippen molar-refractivity contribution in [2.45, 2.75) is 20.4 Å². The lowest BCUT2D eigenvalue weighted by molar-refractivity contribution is 0.100. The number of nitrogens with two attached hydrogens (primary N) is 1. The second-order valence-electron chi connectivity index (χ2n) is 4.84. The fourth-order valence-corrected chi connectivity index (χ4v) is 2.21. The number of primary amides is 1. The van der Waals surface area contributed by atoms with Crippen molar-refractivity contribution in [1.82, 2.24) is 0 Å². The molecule has 3 N–H and O–H groups in total. The van der Waals surface area contributed by atoms with Crippen LogP contribution in [-0.4, -0.2) is 5.91 Å². The van der Waals surface area contributed by atoms with E-state index < -0.39 is 5.91 Å². The SMILES string of the molecule is Cc1ccc(C)c(NCc2ccc(C(N)=O)cc2Cl)c1. The van der Waals surface area contributed by atoms with Crippen molar-refractivity contribution in [3.63, 3.8) is 0 Å². The van der Waals surface area contributed by atoms with Crippen molar-refractivity contribution in [3.8, 4) is 0 Å². The van der Waals surface area contributed by atoms with E-state index in [0.29, 0.717) is 17.1 Å². The molecule has 0 saturated carbocycles. The fraction of sp³-hybridized carbons (Fsp3) is 0.188. The molecule has 0 radical (unpaired) electrons. The van der Waals surface area contributed by atoms with Gasteiger partial charge in [0.2, 0.25) is 5.91 Å². The van der Waals surface area contributed by atoms with Gasteiger partial charge >= 0.3 is 0 Å². The van der Waals surface area contributed by atoms with E-state index in [1.165, 1.54) is 11.1 Å². The summed E-state index contributed by atoms with van der Waals surface area (Å²) in [5.41, 5.74) is 10.0. The van der Waals surface area contributed by atoms with E-state index >= 15 is 0 Å². The minimum Gasteiger partial charge on any atom is -0.381 e. The van der Waals surface area contributed by atoms with Gasteiger partial charge in [-0.15, -0.1) is 0 Å². The minimum absolute atomic E-state index is 0.422. The Morgan fingerprint density at radius 2 is 1.95 bits per heavy atom. The summed E-state index contributed by atoms with van der Waals surface area (Å²) < 4.78 is 0. The third-order valence-electron chi connectivity index (χ3n) is 3.20. The first-order chi connectivity index (χ1) is 9.47. The summed E-state index contributed by atoms with van der Waals surface area (Å²) in [4.78, 5) is 11.1. The molecule has 2 rings (SSSR count). The van der Waals surface area contributed by atoms with Gasteiger partial charge in [-0.3, -0.25) is 4.79 Å². The molecule has 0 atom stereocenters. The Bertz CT molecular complexity index is 653. The highest BCUT2D eigenvalue weighted by Crippen LogP contribution is 2.21. The number of aryl methyl sites for hydroxylation is 2. The molecule has 0 aliphatic heterocycles. The summed E-state index contributed by atoms with van der Waals surface area (Å²) >= 11 is 6.16. The van der Waals surface area contributed by atoms with Crippen molar-refractivity contribution in [1.29, 1.82) is 0 Å². The number of hydrogen-bond donors (Lipinski definition) is 2. The maximum absolute atomic E-state index is 11.1. The number of rotatable bonds is 4. The average Bonchev–Trinajstić information content (AvgIpc) is 2.40. The van der Waals surface area contributed by atoms with Gasteiger partial charge in [-0.2, -0.15) is 0 Å². The molecule has 2 aromatic rings. The van der Waals surface area contributed by atoms with E-state index in [9.17, 15) is 4.79 Å². The Balaban J connectivity index is 2.15. The summed E-state index contributed by atoms with van der Waals surface area (Å²) in [6.07, 6.45) is 0. The Morgan fingerprint density at radius 3 is 2.60 bits per heavy atom. The largest absolute Gasteiger partial charge is 0.381 e. The molecular weight excluding hydrogens is 272 g/mol. The van der Waals surface area contributed by atoms with Crippen LogP contribution in [0.25, 0.3) is 0 Å². The van der Waals surface area contributed by atoms with Crippen LogP contribution in [0.4, 0.5) is 5.69 Å². The predicted octanol–water partition coefficient (Wildman–Crippen LogP) is 3.67. The summed E-state index contributed by atoms with van der Waals surface area (Å²) in [5.74, 6) is -0.471. The highest BCUT2D eigenvalue weighted by molar-refractivity contribution is 6.31. The maximum Gasteiger partial charge on any atom is 0.248 e. The van der Waals surface area contributed by atoms with E-state index in [0.717, 1.165) is 11.3 Å². The van der Waals surface area contributed by atoms with Crippen molar-refractivity contribution in [2.24, 2.45) is 5.73 Å². The molecule has 0 heterocycles. The third-order valence-corrected chi connectivity index (χ3v) is 3.55. The molecule has 2 aromatic carbocycles. The van der Waals surface area contributed by atoms with Crippen LogP contribution < -0.4 is 11.1 Å². The zero-order valence-corrected chi connectivity index (χ0v) is 12.3. The molecular formula is C16H17ClN2O. The number of carbonyl (C=O) groups is 1. The zero-order chi connectivity index (χ0) is 14.7. The van der Waals surface area contributed by atoms with Gasteiger partial charge in [-0.1, -0.05) is 29.8 Å². The average molecular weight is 289 g/mol. The molecule has 0 spiro atoms. The summed E-state index contributed by atoms with van der Waals surface area (Å²) in [6.45, 7) is 4.71. The van der Waals surface area contributed by atoms with Gasteiger partial charge in [0, 0.05) is 22.8 Å². The molecule has 3 nitrogen and oxygen atoms in total. The number of nitrogens with one attached hydrogen (secondary N) is 1. The van der Waals surface area contributed by atoms with Gasteiger partial charge in [0.05, 0.1) is 0 Å². The lowest BCUT2D eigenvalue weighted by Crippen LogP contribution is -2.11. The molecule has 0 saturated heterocycles. The van der Waals surface area contributed by atoms with Crippen LogP contribution in [0.2, 0.25) is 5.02 Å². The first-order valence-electron chi connectivity index (χ1n) is 6.36. The van der Waals surface area contributed by atoms with Crippen LogP contribution in [0.3, 0.4) is 0 Å². The van der Waals surface area contributed by atoms with Crippen molar-refractivity contribution >= 4 is 23.2 Å². The van der Waals surface area contributed by atoms with Crippen molar-refractivity contribution in [3.05, 3.63) is 63.7 Å². The number of hydrogen-bond acceptors (Lipinski definition) is 2. The van der Waals surface area contributed by atoms with Crippen LogP contribution in [-0.2, 0) is 6.54 Å². The van der Waals surface area contributed by atoms with Crippen LogP contribution in [0, 0.1) is 13.8 Å². The number of carbonyl (C=O) groups excluding carboxylic acids is 1. The molecule has 0 unspecified atom stereocenters. The van der Waals surface area contributed by atoms with Crippen molar-refractivity contribution < 1.29 is 4.79 Å². The van der Waals surface area contributed by atoms with Gasteiger partial charge in [-0.25, -0.2) is 0 Å². The second kappa shape index (κ2) is 5.97. The van der Waals surface area contributed by atoms with E-state index in [-0.39, 0.29) is 0 Å². The molecule has 1 amide bonds. The van der Waals surface area contributed by atoms with Crippen molar-refractivity contribution in [2.75, 3.05) is 5.32 Å². The highest BCUT2D eigenvalue weighted by Gasteiger charge is 2.06. The van der Waals surface area contributed by atoms with E-state index in [1.54, 1.807) is 12.1 Å². The van der Waals surface area contributed by atoms with Crippen LogP contribution >= 0.6 is 11.6 Å². The van der Waals surface area contributed by atoms with E-state index in [1.807, 2.05) is 6.07 Å². The third kappa shape index (κ3) is 3.31. The van der Waals surface area contributed by atoms with E-state index in [4.69, 9.17) is 17.3 Å². The van der Waals surface area contributed by atoms with Crippen LogP contribution in [0.1, 0.15) is 27.0 Å². The molecule has 0 aliphatic carbocycles. The molecule has 0 aromatic heterocycles. The molecule has 0 bridgehead atoms. The topological polar surface area (TPSA) is 55.1 Å². The van der Waals surface area contributed by atoms with E-state index in [2.05, 4.69) is 37.4 Å². The summed E-state index contributed by atoms with van der Waals surface area (Å²) in [5, 5.41) is 3.90. The lowest BCUT2D eigenvalue weighted by atomic mass is 10.1. The number of amides is 1. The van der Waals surface area contributed by atoms with Crippen LogP contribution in [0.5, 0.6) is 0 Å². The molecule has 104 valence electrons. The van der Waals surface area contributed by atoms with Gasteiger partial charge in [0.1, 0.15) is 0 Å². The Hall–Kier alpha value is -2.00. The number of anilines is 1. The second-order valence-corrected chi connectivity index (χ2v) is 5.25. The first-order valence-corrected chi connectivity index (χ1v) is 6.74. The van der Waals surface area contributed by atoms with Gasteiger partial charge in [0.25, 0.3) is 0 Å². The van der Waals surface area contributed by atoms with Crippen LogP contribution in [0.15, 0.2) is 36.4 Å². The van der Waals surface area contributed by atoms with Gasteiger partial charge in [-0.05, 0) is 48.7 Å². The Morgan fingerprint density at radius 1 is 1.20 bits per heavy atom. The number of benzene rings is 2. The Kier molecular flexibility index (Phi) is 4.30. The molecule has 0 fully saturated rings. The molecule has 20 heavy (non-hydrogen) atoms. The summed E-state index contributed by atoms with van der Waals surface area (Å²) in [6, 6.07) is 11.4. The first kappa shape index (κ1) is 14.4. The quantitative estimate of drug-likeness (QED) is 0.902. The molecule has 0 aliphatic rings. The monoisotopic (exact) mass is 288 g/mol. The zero-order valence-electron chi connectivity index (χ0n) is 11.5. The van der Waals surface area contributed by atoms with Gasteiger partial charge < -0.3 is 11.1 Å². The smallest absolute Gasteiger partial charge is 0.248 e. The Labute approximate surface area is 123 Å². The highest BCUT2D eigenvalue weighted by atomic mass is 35.5. The fourth-order valence-electron chi connectivity index (χ4n) is 1.96. The standard InChI is InChI=1S/C16H17ClN2O/c1-10-3-4-11(2)15(7-10)19-9-13-6-5-12(16(18)20)8-14(13)17/h3-8,19H,9H2,1-2H3,(H2,18,20).